The third kappa shape index (κ3) is 3.41. The Morgan fingerprint density at radius 1 is 1.47 bits per heavy atom. The standard InChI is InChI=1S/C13H20ClFN2/c1-9(2)13(3,8-16)17-7-10-5-4-6-11(14)12(10)15/h4-6,9,17H,7-8,16H2,1-3H3. The summed E-state index contributed by atoms with van der Waals surface area (Å²) in [7, 11) is 0. The molecular formula is C13H20ClFN2. The Bertz CT molecular complexity index is 382. The lowest BCUT2D eigenvalue weighted by Crippen LogP contribution is -2.52. The average molecular weight is 259 g/mol. The SMILES string of the molecule is CC(C)C(C)(CN)NCc1cccc(Cl)c1F. The second-order valence-corrected chi connectivity index (χ2v) is 5.25. The first-order valence-electron chi connectivity index (χ1n) is 5.78. The summed E-state index contributed by atoms with van der Waals surface area (Å²) in [6.07, 6.45) is 0. The molecule has 96 valence electrons. The molecule has 2 nitrogen and oxygen atoms in total. The van der Waals surface area contributed by atoms with Crippen molar-refractivity contribution in [2.75, 3.05) is 6.54 Å². The minimum atomic E-state index is -0.357. The van der Waals surface area contributed by atoms with Gasteiger partial charge in [0.25, 0.3) is 0 Å². The highest BCUT2D eigenvalue weighted by Crippen LogP contribution is 2.20. The fraction of sp³-hybridized carbons (Fsp3) is 0.538. The Labute approximate surface area is 107 Å². The molecule has 0 radical (unpaired) electrons. The Hall–Kier alpha value is -0.640. The second kappa shape index (κ2) is 5.80. The maximum Gasteiger partial charge on any atom is 0.146 e. The fourth-order valence-electron chi connectivity index (χ4n) is 1.49. The molecule has 0 aliphatic heterocycles. The van der Waals surface area contributed by atoms with Gasteiger partial charge in [-0.1, -0.05) is 37.6 Å². The van der Waals surface area contributed by atoms with E-state index in [0.29, 0.717) is 24.6 Å². The van der Waals surface area contributed by atoms with E-state index in [9.17, 15) is 4.39 Å². The number of hydrogen-bond donors (Lipinski definition) is 2. The van der Waals surface area contributed by atoms with Crippen LogP contribution < -0.4 is 11.1 Å². The van der Waals surface area contributed by atoms with Gasteiger partial charge in [-0.3, -0.25) is 0 Å². The largest absolute Gasteiger partial charge is 0.329 e. The van der Waals surface area contributed by atoms with Gasteiger partial charge in [0.1, 0.15) is 5.82 Å². The van der Waals surface area contributed by atoms with Gasteiger partial charge < -0.3 is 11.1 Å². The van der Waals surface area contributed by atoms with Crippen molar-refractivity contribution in [3.05, 3.63) is 34.6 Å². The van der Waals surface area contributed by atoms with Crippen LogP contribution in [0.2, 0.25) is 5.02 Å². The Balaban J connectivity index is 2.76. The van der Waals surface area contributed by atoms with Crippen LogP contribution in [0.5, 0.6) is 0 Å². The molecule has 0 aliphatic rings. The minimum absolute atomic E-state index is 0.156. The van der Waals surface area contributed by atoms with Crippen LogP contribution in [0, 0.1) is 11.7 Å². The summed E-state index contributed by atoms with van der Waals surface area (Å²) in [5.41, 5.74) is 6.13. The summed E-state index contributed by atoms with van der Waals surface area (Å²) in [5, 5.41) is 3.46. The molecule has 0 bridgehead atoms. The molecule has 0 saturated carbocycles. The predicted molar refractivity (Wildman–Crippen MR) is 70.5 cm³/mol. The highest BCUT2D eigenvalue weighted by molar-refractivity contribution is 6.30. The topological polar surface area (TPSA) is 38.0 Å². The maximum absolute atomic E-state index is 13.7. The fourth-order valence-corrected chi connectivity index (χ4v) is 1.69. The van der Waals surface area contributed by atoms with Gasteiger partial charge in [0.05, 0.1) is 5.02 Å². The molecule has 1 rings (SSSR count). The number of nitrogens with one attached hydrogen (secondary N) is 1. The molecule has 0 amide bonds. The predicted octanol–water partition coefficient (Wildman–Crippen LogP) is 2.94. The first kappa shape index (κ1) is 14.4. The van der Waals surface area contributed by atoms with Crippen molar-refractivity contribution in [3.63, 3.8) is 0 Å². The molecule has 0 saturated heterocycles. The third-order valence-electron chi connectivity index (χ3n) is 3.41. The van der Waals surface area contributed by atoms with Gasteiger partial charge in [-0.05, 0) is 18.9 Å². The summed E-state index contributed by atoms with van der Waals surface area (Å²) in [4.78, 5) is 0. The zero-order valence-corrected chi connectivity index (χ0v) is 11.3. The quantitative estimate of drug-likeness (QED) is 0.852. The van der Waals surface area contributed by atoms with Gasteiger partial charge in [0.15, 0.2) is 0 Å². The number of nitrogens with two attached hydrogens (primary N) is 1. The lowest BCUT2D eigenvalue weighted by Gasteiger charge is -2.34. The second-order valence-electron chi connectivity index (χ2n) is 4.84. The number of rotatable bonds is 5. The van der Waals surface area contributed by atoms with E-state index < -0.39 is 0 Å². The van der Waals surface area contributed by atoms with E-state index >= 15 is 0 Å². The highest BCUT2D eigenvalue weighted by atomic mass is 35.5. The first-order chi connectivity index (χ1) is 7.90. The molecule has 0 spiro atoms. The Kier molecular flexibility index (Phi) is 4.92. The summed E-state index contributed by atoms with van der Waals surface area (Å²) >= 11 is 5.73. The van der Waals surface area contributed by atoms with Crippen LogP contribution in [0.1, 0.15) is 26.3 Å². The van der Waals surface area contributed by atoms with Gasteiger partial charge in [0, 0.05) is 24.2 Å². The maximum atomic E-state index is 13.7. The van der Waals surface area contributed by atoms with E-state index in [1.165, 1.54) is 0 Å². The lowest BCUT2D eigenvalue weighted by molar-refractivity contribution is 0.266. The molecule has 1 aromatic rings. The van der Waals surface area contributed by atoms with Crippen LogP contribution in [0.3, 0.4) is 0 Å². The van der Waals surface area contributed by atoms with Gasteiger partial charge in [0.2, 0.25) is 0 Å². The van der Waals surface area contributed by atoms with Gasteiger partial charge >= 0.3 is 0 Å². The molecular weight excluding hydrogens is 239 g/mol. The van der Waals surface area contributed by atoms with Crippen molar-refractivity contribution in [2.45, 2.75) is 32.9 Å². The highest BCUT2D eigenvalue weighted by Gasteiger charge is 2.26. The molecule has 3 N–H and O–H groups in total. The molecule has 4 heteroatoms. The van der Waals surface area contributed by atoms with Crippen molar-refractivity contribution in [1.82, 2.24) is 5.32 Å². The normalized spacial score (nSPS) is 15.0. The van der Waals surface area contributed by atoms with E-state index in [1.807, 2.05) is 6.92 Å². The zero-order chi connectivity index (χ0) is 13.1. The van der Waals surface area contributed by atoms with Crippen molar-refractivity contribution in [1.29, 1.82) is 0 Å². The van der Waals surface area contributed by atoms with Crippen molar-refractivity contribution < 1.29 is 4.39 Å². The molecule has 0 aromatic heterocycles. The molecule has 1 unspecified atom stereocenters. The van der Waals surface area contributed by atoms with E-state index in [2.05, 4.69) is 19.2 Å². The lowest BCUT2D eigenvalue weighted by atomic mass is 9.88. The molecule has 0 aliphatic carbocycles. The average Bonchev–Trinajstić information content (AvgIpc) is 2.30. The smallest absolute Gasteiger partial charge is 0.146 e. The van der Waals surface area contributed by atoms with E-state index in [-0.39, 0.29) is 16.4 Å². The van der Waals surface area contributed by atoms with Crippen molar-refractivity contribution in [2.24, 2.45) is 11.7 Å². The van der Waals surface area contributed by atoms with E-state index in [0.717, 1.165) is 0 Å². The van der Waals surface area contributed by atoms with Crippen molar-refractivity contribution >= 4 is 11.6 Å². The Morgan fingerprint density at radius 3 is 2.65 bits per heavy atom. The molecule has 0 heterocycles. The summed E-state index contributed by atoms with van der Waals surface area (Å²) in [5.74, 6) is 0.0135. The van der Waals surface area contributed by atoms with Crippen molar-refractivity contribution in [3.8, 4) is 0 Å². The van der Waals surface area contributed by atoms with Gasteiger partial charge in [-0.25, -0.2) is 4.39 Å². The van der Waals surface area contributed by atoms with Crippen LogP contribution >= 0.6 is 11.6 Å². The number of halogens is 2. The van der Waals surface area contributed by atoms with Crippen LogP contribution in [-0.2, 0) is 6.54 Å². The number of benzene rings is 1. The van der Waals surface area contributed by atoms with Crippen LogP contribution in [0.4, 0.5) is 4.39 Å². The van der Waals surface area contributed by atoms with Crippen LogP contribution in [0.25, 0.3) is 0 Å². The third-order valence-corrected chi connectivity index (χ3v) is 3.70. The monoisotopic (exact) mass is 258 g/mol. The Morgan fingerprint density at radius 2 is 2.12 bits per heavy atom. The van der Waals surface area contributed by atoms with Crippen LogP contribution in [-0.4, -0.2) is 12.1 Å². The van der Waals surface area contributed by atoms with E-state index in [4.69, 9.17) is 17.3 Å². The summed E-state index contributed by atoms with van der Waals surface area (Å²) in [6, 6.07) is 5.02. The molecule has 0 fully saturated rings. The van der Waals surface area contributed by atoms with Crippen LogP contribution in [0.15, 0.2) is 18.2 Å². The summed E-state index contributed by atoms with van der Waals surface area (Å²) < 4.78 is 13.7. The summed E-state index contributed by atoms with van der Waals surface area (Å²) in [6.45, 7) is 7.16. The molecule has 1 aromatic carbocycles. The number of hydrogen-bond acceptors (Lipinski definition) is 2. The first-order valence-corrected chi connectivity index (χ1v) is 6.16. The molecule has 1 atom stereocenters. The molecule has 17 heavy (non-hydrogen) atoms. The van der Waals surface area contributed by atoms with E-state index in [1.54, 1.807) is 18.2 Å². The minimum Gasteiger partial charge on any atom is -0.329 e. The van der Waals surface area contributed by atoms with Gasteiger partial charge in [-0.2, -0.15) is 0 Å². The zero-order valence-electron chi connectivity index (χ0n) is 10.6. The van der Waals surface area contributed by atoms with Gasteiger partial charge in [-0.15, -0.1) is 0 Å².